The van der Waals surface area contributed by atoms with Crippen LogP contribution in [0.25, 0.3) is 0 Å². The van der Waals surface area contributed by atoms with Crippen LogP contribution in [-0.2, 0) is 16.0 Å². The van der Waals surface area contributed by atoms with Crippen LogP contribution in [0.15, 0.2) is 24.3 Å². The molecule has 0 heterocycles. The summed E-state index contributed by atoms with van der Waals surface area (Å²) in [7, 11) is 1.38. The first-order valence-corrected chi connectivity index (χ1v) is 4.66. The predicted molar refractivity (Wildman–Crippen MR) is 56.3 cm³/mol. The van der Waals surface area contributed by atoms with Crippen LogP contribution in [0.5, 0.6) is 0 Å². The molecule has 0 saturated carbocycles. The van der Waals surface area contributed by atoms with Crippen LogP contribution < -0.4 is 5.32 Å². The zero-order valence-corrected chi connectivity index (χ0v) is 8.54. The Morgan fingerprint density at radius 2 is 2.00 bits per heavy atom. The number of anilines is 1. The van der Waals surface area contributed by atoms with Gasteiger partial charge in [-0.2, -0.15) is 0 Å². The van der Waals surface area contributed by atoms with Crippen molar-refractivity contribution in [1.82, 2.24) is 0 Å². The Balaban J connectivity index is 2.47. The SMILES string of the molecule is CCc1ccc(NCC(=O)OC)cc1. The fraction of sp³-hybridized carbons (Fsp3) is 0.364. The first-order valence-electron chi connectivity index (χ1n) is 4.66. The Bertz CT molecular complexity index is 293. The summed E-state index contributed by atoms with van der Waals surface area (Å²) < 4.78 is 4.52. The van der Waals surface area contributed by atoms with E-state index in [1.165, 1.54) is 12.7 Å². The van der Waals surface area contributed by atoms with Crippen LogP contribution >= 0.6 is 0 Å². The van der Waals surface area contributed by atoms with Crippen LogP contribution in [0.2, 0.25) is 0 Å². The highest BCUT2D eigenvalue weighted by Crippen LogP contribution is 2.09. The molecular weight excluding hydrogens is 178 g/mol. The van der Waals surface area contributed by atoms with Crippen molar-refractivity contribution in [2.75, 3.05) is 19.0 Å². The molecule has 76 valence electrons. The van der Waals surface area contributed by atoms with Gasteiger partial charge in [0.25, 0.3) is 0 Å². The number of esters is 1. The predicted octanol–water partition coefficient (Wildman–Crippen LogP) is 1.83. The first-order chi connectivity index (χ1) is 6.76. The second-order valence-corrected chi connectivity index (χ2v) is 2.98. The summed E-state index contributed by atoms with van der Waals surface area (Å²) in [5.74, 6) is -0.260. The molecule has 14 heavy (non-hydrogen) atoms. The van der Waals surface area contributed by atoms with Gasteiger partial charge in [-0.3, -0.25) is 4.79 Å². The van der Waals surface area contributed by atoms with Crippen molar-refractivity contribution in [3.63, 3.8) is 0 Å². The third kappa shape index (κ3) is 3.09. The summed E-state index contributed by atoms with van der Waals surface area (Å²) in [4.78, 5) is 10.8. The quantitative estimate of drug-likeness (QED) is 0.741. The summed E-state index contributed by atoms with van der Waals surface area (Å²) >= 11 is 0. The molecule has 0 bridgehead atoms. The van der Waals surface area contributed by atoms with E-state index in [4.69, 9.17) is 0 Å². The Hall–Kier alpha value is -1.51. The molecule has 0 aliphatic heterocycles. The smallest absolute Gasteiger partial charge is 0.325 e. The van der Waals surface area contributed by atoms with Crippen molar-refractivity contribution in [3.8, 4) is 0 Å². The summed E-state index contributed by atoms with van der Waals surface area (Å²) in [5.41, 5.74) is 2.22. The molecule has 0 spiro atoms. The summed E-state index contributed by atoms with van der Waals surface area (Å²) in [6.45, 7) is 2.32. The van der Waals surface area contributed by atoms with E-state index >= 15 is 0 Å². The molecule has 1 rings (SSSR count). The average molecular weight is 193 g/mol. The van der Waals surface area contributed by atoms with Crippen molar-refractivity contribution in [2.45, 2.75) is 13.3 Å². The number of benzene rings is 1. The Labute approximate surface area is 84.1 Å². The number of aryl methyl sites for hydroxylation is 1. The van der Waals surface area contributed by atoms with Gasteiger partial charge in [0.05, 0.1) is 7.11 Å². The lowest BCUT2D eigenvalue weighted by atomic mass is 10.1. The minimum Gasteiger partial charge on any atom is -0.468 e. The molecule has 0 atom stereocenters. The van der Waals surface area contributed by atoms with E-state index in [-0.39, 0.29) is 12.5 Å². The van der Waals surface area contributed by atoms with Crippen LogP contribution in [0.3, 0.4) is 0 Å². The van der Waals surface area contributed by atoms with Crippen LogP contribution in [0.1, 0.15) is 12.5 Å². The zero-order chi connectivity index (χ0) is 10.4. The summed E-state index contributed by atoms with van der Waals surface area (Å²) in [5, 5.41) is 2.97. The van der Waals surface area contributed by atoms with Gasteiger partial charge in [-0.1, -0.05) is 19.1 Å². The number of methoxy groups -OCH3 is 1. The third-order valence-corrected chi connectivity index (χ3v) is 2.03. The highest BCUT2D eigenvalue weighted by Gasteiger charge is 1.98. The van der Waals surface area contributed by atoms with Gasteiger partial charge in [0.2, 0.25) is 0 Å². The maximum atomic E-state index is 10.8. The Kier molecular flexibility index (Phi) is 3.98. The van der Waals surface area contributed by atoms with E-state index in [9.17, 15) is 4.79 Å². The molecule has 0 saturated heterocycles. The maximum absolute atomic E-state index is 10.8. The van der Waals surface area contributed by atoms with Gasteiger partial charge in [0.15, 0.2) is 0 Å². The van der Waals surface area contributed by atoms with Crippen LogP contribution in [-0.4, -0.2) is 19.6 Å². The third-order valence-electron chi connectivity index (χ3n) is 2.03. The van der Waals surface area contributed by atoms with Gasteiger partial charge in [0.1, 0.15) is 6.54 Å². The van der Waals surface area contributed by atoms with Gasteiger partial charge in [-0.05, 0) is 24.1 Å². The topological polar surface area (TPSA) is 38.3 Å². The molecule has 0 unspecified atom stereocenters. The lowest BCUT2D eigenvalue weighted by Gasteiger charge is -2.05. The largest absolute Gasteiger partial charge is 0.468 e. The number of carbonyl (C=O) groups is 1. The number of hydrogen-bond acceptors (Lipinski definition) is 3. The number of carbonyl (C=O) groups excluding carboxylic acids is 1. The number of hydrogen-bond donors (Lipinski definition) is 1. The van der Waals surface area contributed by atoms with Gasteiger partial charge >= 0.3 is 5.97 Å². The van der Waals surface area contributed by atoms with Crippen molar-refractivity contribution >= 4 is 11.7 Å². The molecule has 0 aliphatic carbocycles. The van der Waals surface area contributed by atoms with E-state index in [0.29, 0.717) is 0 Å². The van der Waals surface area contributed by atoms with Gasteiger partial charge in [0, 0.05) is 5.69 Å². The van der Waals surface area contributed by atoms with Gasteiger partial charge in [-0.25, -0.2) is 0 Å². The highest BCUT2D eigenvalue weighted by atomic mass is 16.5. The van der Waals surface area contributed by atoms with E-state index in [1.807, 2.05) is 24.3 Å². The first kappa shape index (κ1) is 10.6. The zero-order valence-electron chi connectivity index (χ0n) is 8.54. The molecule has 1 N–H and O–H groups in total. The number of ether oxygens (including phenoxy) is 1. The minimum atomic E-state index is -0.260. The molecule has 3 nitrogen and oxygen atoms in total. The van der Waals surface area contributed by atoms with Gasteiger partial charge in [-0.15, -0.1) is 0 Å². The number of rotatable bonds is 4. The van der Waals surface area contributed by atoms with E-state index in [2.05, 4.69) is 17.0 Å². The molecule has 3 heteroatoms. The fourth-order valence-corrected chi connectivity index (χ4v) is 1.10. The molecule has 0 radical (unpaired) electrons. The van der Waals surface area contributed by atoms with Crippen molar-refractivity contribution in [2.24, 2.45) is 0 Å². The second kappa shape index (κ2) is 5.27. The number of nitrogens with one attached hydrogen (secondary N) is 1. The molecule has 0 aliphatic rings. The summed E-state index contributed by atoms with van der Waals surface area (Å²) in [6, 6.07) is 8.00. The standard InChI is InChI=1S/C11H15NO2/c1-3-9-4-6-10(7-5-9)12-8-11(13)14-2/h4-7,12H,3,8H2,1-2H3. The van der Waals surface area contributed by atoms with Crippen LogP contribution in [0.4, 0.5) is 5.69 Å². The summed E-state index contributed by atoms with van der Waals surface area (Å²) in [6.07, 6.45) is 1.03. The van der Waals surface area contributed by atoms with Gasteiger partial charge < -0.3 is 10.1 Å². The molecule has 0 aromatic heterocycles. The molecule has 1 aromatic carbocycles. The van der Waals surface area contributed by atoms with Crippen LogP contribution in [0, 0.1) is 0 Å². The van der Waals surface area contributed by atoms with Crippen molar-refractivity contribution in [1.29, 1.82) is 0 Å². The molecule has 1 aromatic rings. The Morgan fingerprint density at radius 3 is 2.50 bits per heavy atom. The highest BCUT2D eigenvalue weighted by molar-refractivity contribution is 5.74. The average Bonchev–Trinajstić information content (AvgIpc) is 2.26. The molecular formula is C11H15NO2. The maximum Gasteiger partial charge on any atom is 0.325 e. The monoisotopic (exact) mass is 193 g/mol. The molecule has 0 amide bonds. The normalized spacial score (nSPS) is 9.57. The van der Waals surface area contributed by atoms with Crippen molar-refractivity contribution in [3.05, 3.63) is 29.8 Å². The van der Waals surface area contributed by atoms with E-state index in [0.717, 1.165) is 12.1 Å². The van der Waals surface area contributed by atoms with E-state index < -0.39 is 0 Å². The lowest BCUT2D eigenvalue weighted by Crippen LogP contribution is -2.14. The van der Waals surface area contributed by atoms with Crippen molar-refractivity contribution < 1.29 is 9.53 Å². The minimum absolute atomic E-state index is 0.210. The molecule has 0 fully saturated rings. The fourth-order valence-electron chi connectivity index (χ4n) is 1.10. The Morgan fingerprint density at radius 1 is 1.36 bits per heavy atom. The lowest BCUT2D eigenvalue weighted by molar-refractivity contribution is -0.138. The van der Waals surface area contributed by atoms with E-state index in [1.54, 1.807) is 0 Å². The second-order valence-electron chi connectivity index (χ2n) is 2.98.